The molecule has 3 atom stereocenters. The van der Waals surface area contributed by atoms with Crippen LogP contribution in [0, 0.1) is 5.82 Å². The quantitative estimate of drug-likeness (QED) is 0.603. The fourth-order valence-electron chi connectivity index (χ4n) is 3.89. The summed E-state index contributed by atoms with van der Waals surface area (Å²) in [4.78, 5) is 24.8. The van der Waals surface area contributed by atoms with Gasteiger partial charge < -0.3 is 30.0 Å². The molecule has 9 heteroatoms. The molecule has 2 aliphatic heterocycles. The summed E-state index contributed by atoms with van der Waals surface area (Å²) >= 11 is 0. The highest BCUT2D eigenvalue weighted by Gasteiger charge is 2.32. The first kappa shape index (κ1) is 22.0. The Morgan fingerprint density at radius 3 is 2.69 bits per heavy atom. The molecule has 0 saturated carbocycles. The number of hydrogen-bond donors (Lipinski definition) is 3. The number of aliphatic hydroxyl groups excluding tert-OH is 1. The number of amides is 2. The van der Waals surface area contributed by atoms with E-state index in [0.717, 1.165) is 0 Å². The summed E-state index contributed by atoms with van der Waals surface area (Å²) in [6.45, 7) is 0.262. The van der Waals surface area contributed by atoms with Crippen LogP contribution in [-0.4, -0.2) is 55.1 Å². The summed E-state index contributed by atoms with van der Waals surface area (Å²) in [5.74, 6) is -0.206. The molecule has 0 aromatic heterocycles. The zero-order chi connectivity index (χ0) is 22.5. The molecule has 3 N–H and O–H groups in total. The van der Waals surface area contributed by atoms with E-state index in [9.17, 15) is 19.1 Å². The second kappa shape index (κ2) is 9.97. The smallest absolute Gasteiger partial charge is 0.254 e. The molecule has 1 saturated heterocycles. The topological polar surface area (TPSA) is 106 Å². The molecule has 2 heterocycles. The minimum atomic E-state index is -0.603. The van der Waals surface area contributed by atoms with E-state index < -0.39 is 23.9 Å². The van der Waals surface area contributed by atoms with Crippen molar-refractivity contribution in [3.63, 3.8) is 0 Å². The molecule has 32 heavy (non-hydrogen) atoms. The highest BCUT2D eigenvalue weighted by Crippen LogP contribution is 2.32. The highest BCUT2D eigenvalue weighted by molar-refractivity contribution is 5.95. The molecule has 4 rings (SSSR count). The van der Waals surface area contributed by atoms with E-state index in [1.807, 2.05) is 0 Å². The zero-order valence-corrected chi connectivity index (χ0v) is 17.4. The van der Waals surface area contributed by atoms with E-state index in [-0.39, 0.29) is 31.0 Å². The van der Waals surface area contributed by atoms with E-state index >= 15 is 0 Å². The first-order chi connectivity index (χ1) is 15.5. The third-order valence-corrected chi connectivity index (χ3v) is 5.62. The van der Waals surface area contributed by atoms with Crippen LogP contribution in [0.5, 0.6) is 11.5 Å². The first-order valence-corrected chi connectivity index (χ1v) is 10.5. The van der Waals surface area contributed by atoms with Crippen molar-refractivity contribution in [3.05, 3.63) is 59.4 Å². The Kier molecular flexibility index (Phi) is 6.87. The second-order valence-corrected chi connectivity index (χ2v) is 7.73. The Balaban J connectivity index is 1.25. The third-order valence-electron chi connectivity index (χ3n) is 5.62. The summed E-state index contributed by atoms with van der Waals surface area (Å²) in [6.07, 6.45) is 0.992. The van der Waals surface area contributed by atoms with Crippen LogP contribution in [0.4, 0.5) is 4.39 Å². The van der Waals surface area contributed by atoms with Gasteiger partial charge in [0.2, 0.25) is 6.79 Å². The van der Waals surface area contributed by atoms with Crippen molar-refractivity contribution in [2.24, 2.45) is 0 Å². The van der Waals surface area contributed by atoms with E-state index in [1.165, 1.54) is 18.2 Å². The van der Waals surface area contributed by atoms with Crippen molar-refractivity contribution < 1.29 is 33.3 Å². The fourth-order valence-corrected chi connectivity index (χ4v) is 3.89. The average Bonchev–Trinajstić information content (AvgIpc) is 3.28. The van der Waals surface area contributed by atoms with Crippen LogP contribution in [0.25, 0.3) is 0 Å². The number of hydrogen-bond acceptors (Lipinski definition) is 6. The summed E-state index contributed by atoms with van der Waals surface area (Å²) in [6, 6.07) is 10.3. The van der Waals surface area contributed by atoms with Crippen molar-refractivity contribution in [3.8, 4) is 11.5 Å². The van der Waals surface area contributed by atoms with Crippen molar-refractivity contribution in [2.45, 2.75) is 37.5 Å². The lowest BCUT2D eigenvalue weighted by molar-refractivity contribution is -0.0893. The van der Waals surface area contributed by atoms with Gasteiger partial charge in [-0.2, -0.15) is 0 Å². The SMILES string of the molecule is O=C(NCC[C@H]1CC[C@H](NC(=O)c2ccccc2F)[C@H](CO)O1)c1ccc2c(c1)OCO2. The van der Waals surface area contributed by atoms with Gasteiger partial charge in [-0.25, -0.2) is 4.39 Å². The lowest BCUT2D eigenvalue weighted by Crippen LogP contribution is -2.51. The molecule has 1 fully saturated rings. The second-order valence-electron chi connectivity index (χ2n) is 7.73. The van der Waals surface area contributed by atoms with Crippen LogP contribution in [0.3, 0.4) is 0 Å². The molecule has 0 radical (unpaired) electrons. The van der Waals surface area contributed by atoms with Crippen molar-refractivity contribution in [2.75, 3.05) is 19.9 Å². The number of ether oxygens (including phenoxy) is 3. The summed E-state index contributed by atoms with van der Waals surface area (Å²) in [7, 11) is 0. The Hall–Kier alpha value is -3.17. The molecular formula is C23H25FN2O6. The number of halogens is 1. The predicted molar refractivity (Wildman–Crippen MR) is 112 cm³/mol. The Labute approximate surface area is 184 Å². The van der Waals surface area contributed by atoms with Gasteiger partial charge >= 0.3 is 0 Å². The molecular weight excluding hydrogens is 419 g/mol. The Morgan fingerprint density at radius 1 is 1.06 bits per heavy atom. The van der Waals surface area contributed by atoms with Crippen LogP contribution in [0.1, 0.15) is 40.0 Å². The van der Waals surface area contributed by atoms with Crippen LogP contribution in [0.15, 0.2) is 42.5 Å². The maximum atomic E-state index is 13.8. The van der Waals surface area contributed by atoms with E-state index in [4.69, 9.17) is 14.2 Å². The number of aliphatic hydroxyl groups is 1. The summed E-state index contributed by atoms with van der Waals surface area (Å²) < 4.78 is 30.3. The maximum absolute atomic E-state index is 13.8. The molecule has 2 aliphatic rings. The van der Waals surface area contributed by atoms with E-state index in [2.05, 4.69) is 10.6 Å². The van der Waals surface area contributed by atoms with Crippen molar-refractivity contribution >= 4 is 11.8 Å². The number of benzene rings is 2. The van der Waals surface area contributed by atoms with Gasteiger partial charge in [-0.05, 0) is 49.6 Å². The molecule has 0 unspecified atom stereocenters. The summed E-state index contributed by atoms with van der Waals surface area (Å²) in [5, 5.41) is 15.3. The van der Waals surface area contributed by atoms with Crippen LogP contribution in [-0.2, 0) is 4.74 Å². The first-order valence-electron chi connectivity index (χ1n) is 10.5. The molecule has 0 aliphatic carbocycles. The Bertz CT molecular complexity index is 985. The van der Waals surface area contributed by atoms with Crippen LogP contribution >= 0.6 is 0 Å². The van der Waals surface area contributed by atoms with Crippen LogP contribution < -0.4 is 20.1 Å². The van der Waals surface area contributed by atoms with Gasteiger partial charge in [0, 0.05) is 12.1 Å². The average molecular weight is 444 g/mol. The molecule has 0 bridgehead atoms. The molecule has 2 aromatic rings. The normalized spacial score (nSPS) is 21.8. The minimum Gasteiger partial charge on any atom is -0.454 e. The standard InChI is InChI=1S/C23H25FN2O6/c24-17-4-2-1-3-16(17)23(29)26-18-7-6-15(32-21(18)12-27)9-10-25-22(28)14-5-8-19-20(11-14)31-13-30-19/h1-5,8,11,15,18,21,27H,6-7,9-10,12-13H2,(H,25,28)(H,26,29)/t15-,18+,21+/m1/s1. The van der Waals surface area contributed by atoms with Crippen molar-refractivity contribution in [1.29, 1.82) is 0 Å². The number of fused-ring (bicyclic) bond motifs is 1. The zero-order valence-electron chi connectivity index (χ0n) is 17.4. The molecule has 2 amide bonds. The van der Waals surface area contributed by atoms with Gasteiger partial charge in [-0.15, -0.1) is 0 Å². The summed E-state index contributed by atoms with van der Waals surface area (Å²) in [5.41, 5.74) is 0.431. The number of carbonyl (C=O) groups is 2. The molecule has 0 spiro atoms. The van der Waals surface area contributed by atoms with Gasteiger partial charge in [-0.3, -0.25) is 9.59 Å². The monoisotopic (exact) mass is 444 g/mol. The molecule has 170 valence electrons. The predicted octanol–water partition coefficient (Wildman–Crippen LogP) is 2.01. The molecule has 8 nitrogen and oxygen atoms in total. The van der Waals surface area contributed by atoms with Gasteiger partial charge in [-0.1, -0.05) is 12.1 Å². The number of rotatable bonds is 7. The van der Waals surface area contributed by atoms with Gasteiger partial charge in [0.05, 0.1) is 24.3 Å². The Morgan fingerprint density at radius 2 is 1.88 bits per heavy atom. The third kappa shape index (κ3) is 5.00. The fraction of sp³-hybridized carbons (Fsp3) is 0.391. The lowest BCUT2D eigenvalue weighted by Gasteiger charge is -2.36. The van der Waals surface area contributed by atoms with E-state index in [1.54, 1.807) is 24.3 Å². The van der Waals surface area contributed by atoms with Crippen molar-refractivity contribution in [1.82, 2.24) is 10.6 Å². The maximum Gasteiger partial charge on any atom is 0.254 e. The highest BCUT2D eigenvalue weighted by atomic mass is 19.1. The van der Waals surface area contributed by atoms with Gasteiger partial charge in [0.25, 0.3) is 11.8 Å². The largest absolute Gasteiger partial charge is 0.454 e. The molecule has 2 aromatic carbocycles. The lowest BCUT2D eigenvalue weighted by atomic mass is 9.96. The van der Waals surface area contributed by atoms with Gasteiger partial charge in [0.15, 0.2) is 11.5 Å². The number of carbonyl (C=O) groups excluding carboxylic acids is 2. The number of nitrogens with one attached hydrogen (secondary N) is 2. The minimum absolute atomic E-state index is 0.0439. The van der Waals surface area contributed by atoms with E-state index in [0.29, 0.717) is 42.9 Å². The van der Waals surface area contributed by atoms with Crippen LogP contribution in [0.2, 0.25) is 0 Å². The van der Waals surface area contributed by atoms with Gasteiger partial charge in [0.1, 0.15) is 11.9 Å².